The number of aliphatic imine (C=N–C) groups is 1. The highest BCUT2D eigenvalue weighted by atomic mass is 32.2. The molecule has 0 saturated carbocycles. The second kappa shape index (κ2) is 10.3. The number of hydrogen-bond acceptors (Lipinski definition) is 3. The number of ether oxygens (including phenoxy) is 1. The van der Waals surface area contributed by atoms with Crippen LogP contribution in [0.2, 0.25) is 0 Å². The fourth-order valence-corrected chi connectivity index (χ4v) is 4.36. The fraction of sp³-hybridized carbons (Fsp3) is 0.632. The lowest BCUT2D eigenvalue weighted by Crippen LogP contribution is -2.48. The molecule has 158 valence electrons. The minimum atomic E-state index is -4.62. The van der Waals surface area contributed by atoms with Crippen molar-refractivity contribution in [2.75, 3.05) is 32.1 Å². The minimum Gasteiger partial charge on any atom is -0.381 e. The minimum absolute atomic E-state index is 0.0240. The third kappa shape index (κ3) is 6.55. The summed E-state index contributed by atoms with van der Waals surface area (Å²) in [7, 11) is 0. The van der Waals surface area contributed by atoms with Crippen LogP contribution in [0.5, 0.6) is 0 Å². The number of alkyl halides is 3. The molecule has 0 unspecified atom stereocenters. The molecule has 9 heteroatoms. The quantitative estimate of drug-likeness (QED) is 0.394. The molecule has 1 heterocycles. The molecule has 1 aromatic carbocycles. The van der Waals surface area contributed by atoms with E-state index < -0.39 is 17.6 Å². The van der Waals surface area contributed by atoms with Gasteiger partial charge in [-0.2, -0.15) is 24.9 Å². The smallest absolute Gasteiger partial charge is 0.381 e. The standard InChI is InChI=1S/C19H27F4N3OS/c1-3-24-17(26-13-18(28-4-2)7-9-27-10-8-18)25-12-14-5-6-15(20)11-16(14)19(21,22)23/h5-6,11H,3-4,7-10,12-13H2,1-2H3,(H2,24,25,26). The number of rotatable bonds is 7. The summed E-state index contributed by atoms with van der Waals surface area (Å²) in [6.07, 6.45) is -2.80. The van der Waals surface area contributed by atoms with Crippen LogP contribution in [-0.2, 0) is 17.5 Å². The molecule has 0 amide bonds. The van der Waals surface area contributed by atoms with E-state index >= 15 is 0 Å². The largest absolute Gasteiger partial charge is 0.416 e. The zero-order chi connectivity index (χ0) is 20.6. The summed E-state index contributed by atoms with van der Waals surface area (Å²) in [5.74, 6) is 0.505. The topological polar surface area (TPSA) is 45.7 Å². The van der Waals surface area contributed by atoms with Gasteiger partial charge in [-0.15, -0.1) is 0 Å². The first-order valence-corrected chi connectivity index (χ1v) is 10.4. The van der Waals surface area contributed by atoms with E-state index in [-0.39, 0.29) is 16.9 Å². The Balaban J connectivity index is 2.12. The maximum atomic E-state index is 13.3. The third-order valence-electron chi connectivity index (χ3n) is 4.56. The van der Waals surface area contributed by atoms with E-state index in [0.29, 0.717) is 38.3 Å². The van der Waals surface area contributed by atoms with Gasteiger partial charge in [-0.25, -0.2) is 9.38 Å². The predicted molar refractivity (Wildman–Crippen MR) is 105 cm³/mol. The van der Waals surface area contributed by atoms with Gasteiger partial charge in [0, 0.05) is 31.1 Å². The molecule has 1 saturated heterocycles. The summed E-state index contributed by atoms with van der Waals surface area (Å²) in [4.78, 5) is 4.29. The van der Waals surface area contributed by atoms with E-state index in [1.54, 1.807) is 0 Å². The van der Waals surface area contributed by atoms with Gasteiger partial charge in [0.25, 0.3) is 0 Å². The zero-order valence-corrected chi connectivity index (χ0v) is 17.0. The molecule has 1 aliphatic heterocycles. The first-order chi connectivity index (χ1) is 13.3. The van der Waals surface area contributed by atoms with Crippen LogP contribution in [0.3, 0.4) is 0 Å². The number of halogens is 4. The molecule has 0 bridgehead atoms. The van der Waals surface area contributed by atoms with E-state index in [2.05, 4.69) is 22.5 Å². The van der Waals surface area contributed by atoms with Crippen molar-refractivity contribution >= 4 is 17.7 Å². The zero-order valence-electron chi connectivity index (χ0n) is 16.2. The Bertz CT molecular complexity index is 656. The molecule has 1 aromatic rings. The summed E-state index contributed by atoms with van der Waals surface area (Å²) in [5.41, 5.74) is -1.05. The molecule has 1 fully saturated rings. The van der Waals surface area contributed by atoms with Crippen LogP contribution in [0.15, 0.2) is 23.2 Å². The van der Waals surface area contributed by atoms with E-state index in [0.717, 1.165) is 30.7 Å². The maximum absolute atomic E-state index is 13.3. The van der Waals surface area contributed by atoms with Gasteiger partial charge in [-0.1, -0.05) is 13.0 Å². The highest BCUT2D eigenvalue weighted by molar-refractivity contribution is 8.00. The molecule has 0 spiro atoms. The molecule has 0 atom stereocenters. The van der Waals surface area contributed by atoms with Crippen molar-refractivity contribution in [3.8, 4) is 0 Å². The molecule has 2 N–H and O–H groups in total. The molecule has 0 aliphatic carbocycles. The second-order valence-electron chi connectivity index (χ2n) is 6.58. The number of nitrogens with zero attached hydrogens (tertiary/aromatic N) is 1. The lowest BCUT2D eigenvalue weighted by atomic mass is 9.99. The van der Waals surface area contributed by atoms with Gasteiger partial charge < -0.3 is 15.4 Å². The van der Waals surface area contributed by atoms with Crippen LogP contribution in [0.1, 0.15) is 37.8 Å². The molecular weight excluding hydrogens is 394 g/mol. The molecule has 0 radical (unpaired) electrons. The maximum Gasteiger partial charge on any atom is 0.416 e. The van der Waals surface area contributed by atoms with Crippen LogP contribution in [0.4, 0.5) is 17.6 Å². The SMILES string of the molecule is CCNC(=NCc1ccc(F)cc1C(F)(F)F)NCC1(SCC)CCOCC1. The lowest BCUT2D eigenvalue weighted by Gasteiger charge is -2.37. The summed E-state index contributed by atoms with van der Waals surface area (Å²) in [6.45, 7) is 6.44. The molecule has 1 aliphatic rings. The van der Waals surface area contributed by atoms with Crippen molar-refractivity contribution < 1.29 is 22.3 Å². The summed E-state index contributed by atoms with van der Waals surface area (Å²) in [5, 5.41) is 6.33. The van der Waals surface area contributed by atoms with E-state index in [1.165, 1.54) is 0 Å². The molecular formula is C19H27F4N3OS. The van der Waals surface area contributed by atoms with Crippen LogP contribution >= 0.6 is 11.8 Å². The normalized spacial score (nSPS) is 17.4. The number of hydrogen-bond donors (Lipinski definition) is 2. The van der Waals surface area contributed by atoms with Crippen molar-refractivity contribution in [2.24, 2.45) is 4.99 Å². The molecule has 2 rings (SSSR count). The highest BCUT2D eigenvalue weighted by Gasteiger charge is 2.34. The predicted octanol–water partition coefficient (Wildman–Crippen LogP) is 4.20. The van der Waals surface area contributed by atoms with Crippen molar-refractivity contribution in [1.82, 2.24) is 10.6 Å². The van der Waals surface area contributed by atoms with Crippen LogP contribution in [-0.4, -0.2) is 42.8 Å². The van der Waals surface area contributed by atoms with Crippen LogP contribution in [0, 0.1) is 5.82 Å². The monoisotopic (exact) mass is 421 g/mol. The lowest BCUT2D eigenvalue weighted by molar-refractivity contribution is -0.138. The molecule has 4 nitrogen and oxygen atoms in total. The number of thioether (sulfide) groups is 1. The Kier molecular flexibility index (Phi) is 8.42. The van der Waals surface area contributed by atoms with Gasteiger partial charge in [-0.3, -0.25) is 0 Å². The third-order valence-corrected chi connectivity index (χ3v) is 6.02. The second-order valence-corrected chi connectivity index (χ2v) is 8.31. The average Bonchev–Trinajstić information content (AvgIpc) is 2.65. The number of guanidine groups is 1. The van der Waals surface area contributed by atoms with Gasteiger partial charge in [-0.05, 0) is 43.2 Å². The summed E-state index contributed by atoms with van der Waals surface area (Å²) >= 11 is 1.87. The first-order valence-electron chi connectivity index (χ1n) is 9.39. The Labute approximate surface area is 167 Å². The van der Waals surface area contributed by atoms with Crippen molar-refractivity contribution in [2.45, 2.75) is 44.2 Å². The Morgan fingerprint density at radius 3 is 2.54 bits per heavy atom. The summed E-state index contributed by atoms with van der Waals surface area (Å²) in [6, 6.07) is 2.67. The van der Waals surface area contributed by atoms with Crippen LogP contribution < -0.4 is 10.6 Å². The van der Waals surface area contributed by atoms with Crippen molar-refractivity contribution in [1.29, 1.82) is 0 Å². The molecule has 0 aromatic heterocycles. The Morgan fingerprint density at radius 1 is 1.21 bits per heavy atom. The average molecular weight is 422 g/mol. The summed E-state index contributed by atoms with van der Waals surface area (Å²) < 4.78 is 58.2. The van der Waals surface area contributed by atoms with E-state index in [4.69, 9.17) is 4.74 Å². The van der Waals surface area contributed by atoms with Gasteiger partial charge in [0.15, 0.2) is 5.96 Å². The number of nitrogens with one attached hydrogen (secondary N) is 2. The van der Waals surface area contributed by atoms with Gasteiger partial charge in [0.2, 0.25) is 0 Å². The van der Waals surface area contributed by atoms with Gasteiger partial charge >= 0.3 is 6.18 Å². The van der Waals surface area contributed by atoms with Crippen LogP contribution in [0.25, 0.3) is 0 Å². The van der Waals surface area contributed by atoms with E-state index in [1.807, 2.05) is 18.7 Å². The fourth-order valence-electron chi connectivity index (χ4n) is 3.12. The van der Waals surface area contributed by atoms with E-state index in [9.17, 15) is 17.6 Å². The van der Waals surface area contributed by atoms with Gasteiger partial charge in [0.1, 0.15) is 5.82 Å². The number of benzene rings is 1. The van der Waals surface area contributed by atoms with Gasteiger partial charge in [0.05, 0.1) is 12.1 Å². The molecule has 28 heavy (non-hydrogen) atoms. The van der Waals surface area contributed by atoms with Crippen molar-refractivity contribution in [3.63, 3.8) is 0 Å². The van der Waals surface area contributed by atoms with Crippen molar-refractivity contribution in [3.05, 3.63) is 35.1 Å². The first kappa shape index (κ1) is 22.8. The Hall–Kier alpha value is -1.48. The Morgan fingerprint density at radius 2 is 1.93 bits per heavy atom. The highest BCUT2D eigenvalue weighted by Crippen LogP contribution is 2.35.